The lowest BCUT2D eigenvalue weighted by molar-refractivity contribution is -0.141. The smallest absolute Gasteiger partial charge is 0.321 e. The largest absolute Gasteiger partial charge is 0.481 e. The average molecular weight is 335 g/mol. The molecule has 0 bridgehead atoms. The number of carboxylic acids is 1. The Morgan fingerprint density at radius 1 is 1.38 bits per heavy atom. The molecule has 1 aromatic rings. The summed E-state index contributed by atoms with van der Waals surface area (Å²) in [6.07, 6.45) is 0.314. The molecule has 0 saturated carbocycles. The van der Waals surface area contributed by atoms with Crippen LogP contribution in [-0.2, 0) is 30.8 Å². The molecule has 0 unspecified atom stereocenters. The Balaban J connectivity index is 3.01. The van der Waals surface area contributed by atoms with Crippen molar-refractivity contribution in [1.29, 1.82) is 0 Å². The minimum Gasteiger partial charge on any atom is -0.481 e. The predicted molar refractivity (Wildman–Crippen MR) is 76.7 cm³/mol. The highest BCUT2D eigenvalue weighted by molar-refractivity contribution is 7.91. The lowest BCUT2D eigenvalue weighted by atomic mass is 10.3. The molecule has 1 N–H and O–H groups in total. The lowest BCUT2D eigenvalue weighted by Gasteiger charge is -2.19. The first-order valence-corrected chi connectivity index (χ1v) is 8.44. The Bertz CT molecular complexity index is 607. The molecule has 9 heteroatoms. The number of aliphatic carboxylic acids is 1. The van der Waals surface area contributed by atoms with Crippen LogP contribution < -0.4 is 0 Å². The summed E-state index contributed by atoms with van der Waals surface area (Å²) >= 11 is 0.894. The van der Waals surface area contributed by atoms with E-state index >= 15 is 0 Å². The number of sulfonamides is 1. The normalized spacial score (nSPS) is 11.6. The molecule has 1 heterocycles. The van der Waals surface area contributed by atoms with Crippen molar-refractivity contribution in [2.75, 3.05) is 20.2 Å². The zero-order valence-electron chi connectivity index (χ0n) is 11.7. The van der Waals surface area contributed by atoms with Crippen molar-refractivity contribution in [2.24, 2.45) is 0 Å². The zero-order valence-corrected chi connectivity index (χ0v) is 13.4. The van der Waals surface area contributed by atoms with E-state index in [1.807, 2.05) is 0 Å². The van der Waals surface area contributed by atoms with Gasteiger partial charge >= 0.3 is 11.9 Å². The fourth-order valence-corrected chi connectivity index (χ4v) is 4.59. The summed E-state index contributed by atoms with van der Waals surface area (Å²) in [4.78, 5) is 22.4. The van der Waals surface area contributed by atoms with Crippen LogP contribution in [0.1, 0.15) is 18.2 Å². The molecule has 0 aromatic carbocycles. The average Bonchev–Trinajstić information content (AvgIpc) is 2.86. The molecule has 118 valence electrons. The second-order valence-electron chi connectivity index (χ2n) is 4.21. The number of thiophene rings is 1. The molecule has 0 fully saturated rings. The van der Waals surface area contributed by atoms with Gasteiger partial charge in [-0.2, -0.15) is 4.31 Å². The SMILES string of the molecule is CCCN(CC(=O)OC)S(=O)(=O)c1ccc(CC(=O)O)s1. The van der Waals surface area contributed by atoms with E-state index in [-0.39, 0.29) is 23.7 Å². The van der Waals surface area contributed by atoms with Crippen molar-refractivity contribution in [3.8, 4) is 0 Å². The summed E-state index contributed by atoms with van der Waals surface area (Å²) in [6.45, 7) is 1.62. The van der Waals surface area contributed by atoms with Crippen molar-refractivity contribution in [3.05, 3.63) is 17.0 Å². The Hall–Kier alpha value is -1.45. The van der Waals surface area contributed by atoms with E-state index in [1.165, 1.54) is 19.2 Å². The number of ether oxygens (including phenoxy) is 1. The van der Waals surface area contributed by atoms with Gasteiger partial charge in [0.2, 0.25) is 0 Å². The van der Waals surface area contributed by atoms with Crippen molar-refractivity contribution < 1.29 is 27.9 Å². The summed E-state index contributed by atoms with van der Waals surface area (Å²) in [7, 11) is -2.64. The van der Waals surface area contributed by atoms with Gasteiger partial charge in [0.05, 0.1) is 13.5 Å². The summed E-state index contributed by atoms with van der Waals surface area (Å²) in [5.74, 6) is -1.67. The number of hydrogen-bond donors (Lipinski definition) is 1. The number of nitrogens with zero attached hydrogens (tertiary/aromatic N) is 1. The van der Waals surface area contributed by atoms with Crippen LogP contribution in [0.2, 0.25) is 0 Å². The highest BCUT2D eigenvalue weighted by Gasteiger charge is 2.28. The summed E-state index contributed by atoms with van der Waals surface area (Å²) in [5, 5.41) is 8.71. The van der Waals surface area contributed by atoms with Crippen LogP contribution in [-0.4, -0.2) is 50.0 Å². The van der Waals surface area contributed by atoms with E-state index in [0.29, 0.717) is 11.3 Å². The maximum absolute atomic E-state index is 12.5. The Morgan fingerprint density at radius 3 is 2.57 bits per heavy atom. The lowest BCUT2D eigenvalue weighted by Crippen LogP contribution is -2.36. The molecular weight excluding hydrogens is 318 g/mol. The fourth-order valence-electron chi connectivity index (χ4n) is 1.61. The van der Waals surface area contributed by atoms with Gasteiger partial charge in [0, 0.05) is 11.4 Å². The van der Waals surface area contributed by atoms with Gasteiger partial charge in [-0.1, -0.05) is 6.92 Å². The third-order valence-electron chi connectivity index (χ3n) is 2.56. The molecule has 0 aliphatic carbocycles. The van der Waals surface area contributed by atoms with Crippen molar-refractivity contribution in [1.82, 2.24) is 4.31 Å². The summed E-state index contributed by atoms with van der Waals surface area (Å²) in [5.41, 5.74) is 0. The van der Waals surface area contributed by atoms with Crippen LogP contribution in [0, 0.1) is 0 Å². The monoisotopic (exact) mass is 335 g/mol. The van der Waals surface area contributed by atoms with E-state index in [2.05, 4.69) is 4.74 Å². The molecular formula is C12H17NO6S2. The number of rotatable bonds is 8. The highest BCUT2D eigenvalue weighted by atomic mass is 32.2. The fraction of sp³-hybridized carbons (Fsp3) is 0.500. The van der Waals surface area contributed by atoms with E-state index in [1.54, 1.807) is 6.92 Å². The van der Waals surface area contributed by atoms with Gasteiger partial charge < -0.3 is 9.84 Å². The third-order valence-corrected chi connectivity index (χ3v) is 5.96. The molecule has 21 heavy (non-hydrogen) atoms. The maximum Gasteiger partial charge on any atom is 0.321 e. The number of esters is 1. The molecule has 7 nitrogen and oxygen atoms in total. The van der Waals surface area contributed by atoms with Crippen LogP contribution >= 0.6 is 11.3 Å². The van der Waals surface area contributed by atoms with E-state index in [4.69, 9.17) is 5.11 Å². The Labute approximate surface area is 127 Å². The predicted octanol–water partition coefficient (Wildman–Crippen LogP) is 0.949. The topological polar surface area (TPSA) is 101 Å². The van der Waals surface area contributed by atoms with Gasteiger partial charge in [0.25, 0.3) is 10.0 Å². The quantitative estimate of drug-likeness (QED) is 0.710. The second-order valence-corrected chi connectivity index (χ2v) is 7.54. The molecule has 0 radical (unpaired) electrons. The standard InChI is InChI=1S/C12H17NO6S2/c1-3-6-13(8-11(16)19-2)21(17,18)12-5-4-9(20-12)7-10(14)15/h4-5H,3,6-8H2,1-2H3,(H,14,15). The minimum atomic E-state index is -3.83. The molecule has 0 saturated heterocycles. The van der Waals surface area contributed by atoms with Gasteiger partial charge in [0.15, 0.2) is 0 Å². The Morgan fingerprint density at radius 2 is 2.05 bits per heavy atom. The molecule has 0 atom stereocenters. The van der Waals surface area contributed by atoms with Gasteiger partial charge in [-0.05, 0) is 18.6 Å². The van der Waals surface area contributed by atoms with Crippen LogP contribution in [0.25, 0.3) is 0 Å². The van der Waals surface area contributed by atoms with E-state index < -0.39 is 22.0 Å². The number of hydrogen-bond acceptors (Lipinski definition) is 6. The first-order chi connectivity index (χ1) is 9.81. The molecule has 0 spiro atoms. The zero-order chi connectivity index (χ0) is 16.0. The van der Waals surface area contributed by atoms with Crippen molar-refractivity contribution in [3.63, 3.8) is 0 Å². The minimum absolute atomic E-state index is 0.0242. The van der Waals surface area contributed by atoms with Crippen LogP contribution in [0.5, 0.6) is 0 Å². The number of carbonyl (C=O) groups is 2. The molecule has 0 aliphatic heterocycles. The summed E-state index contributed by atoms with van der Waals surface area (Å²) in [6, 6.07) is 2.83. The third kappa shape index (κ3) is 4.80. The maximum atomic E-state index is 12.5. The van der Waals surface area contributed by atoms with E-state index in [9.17, 15) is 18.0 Å². The summed E-state index contributed by atoms with van der Waals surface area (Å²) < 4.78 is 30.5. The number of methoxy groups -OCH3 is 1. The first kappa shape index (κ1) is 17.6. The van der Waals surface area contributed by atoms with Gasteiger partial charge in [-0.3, -0.25) is 9.59 Å². The molecule has 1 aromatic heterocycles. The van der Waals surface area contributed by atoms with Crippen LogP contribution in [0.3, 0.4) is 0 Å². The molecule has 0 amide bonds. The Kier molecular flexibility index (Phi) is 6.31. The van der Waals surface area contributed by atoms with Crippen LogP contribution in [0.15, 0.2) is 16.3 Å². The van der Waals surface area contributed by atoms with Crippen LogP contribution in [0.4, 0.5) is 0 Å². The number of carbonyl (C=O) groups excluding carboxylic acids is 1. The van der Waals surface area contributed by atoms with Gasteiger partial charge in [-0.15, -0.1) is 11.3 Å². The van der Waals surface area contributed by atoms with Gasteiger partial charge in [-0.25, -0.2) is 8.42 Å². The first-order valence-electron chi connectivity index (χ1n) is 6.18. The van der Waals surface area contributed by atoms with Gasteiger partial charge in [0.1, 0.15) is 10.8 Å². The molecule has 0 aliphatic rings. The number of carboxylic acid groups (broad SMARTS) is 1. The second kappa shape index (κ2) is 7.53. The molecule has 1 rings (SSSR count). The van der Waals surface area contributed by atoms with E-state index in [0.717, 1.165) is 15.6 Å². The van der Waals surface area contributed by atoms with Crippen molar-refractivity contribution >= 4 is 33.3 Å². The highest BCUT2D eigenvalue weighted by Crippen LogP contribution is 2.25. The van der Waals surface area contributed by atoms with Crippen molar-refractivity contribution in [2.45, 2.75) is 24.0 Å².